The quantitative estimate of drug-likeness (QED) is 0.438. The minimum absolute atomic E-state index is 0.0516. The van der Waals surface area contributed by atoms with E-state index in [4.69, 9.17) is 5.73 Å². The summed E-state index contributed by atoms with van der Waals surface area (Å²) in [6.45, 7) is 0. The van der Waals surface area contributed by atoms with Crippen LogP contribution in [0.4, 0.5) is 18.9 Å². The lowest BCUT2D eigenvalue weighted by atomic mass is 9.96. The smallest absolute Gasteiger partial charge is 0.399 e. The van der Waals surface area contributed by atoms with Crippen molar-refractivity contribution in [3.8, 4) is 11.3 Å². The Morgan fingerprint density at radius 1 is 0.821 bits per heavy atom. The van der Waals surface area contributed by atoms with E-state index in [1.54, 1.807) is 30.3 Å². The summed E-state index contributed by atoms with van der Waals surface area (Å²) in [5, 5.41) is 0.466. The number of nitrogens with zero attached hydrogens (tertiary/aromatic N) is 1. The van der Waals surface area contributed by atoms with Crippen LogP contribution in [-0.2, 0) is 12.6 Å². The lowest BCUT2D eigenvalue weighted by Crippen LogP contribution is -2.07. The first-order valence-electron chi connectivity index (χ1n) is 8.81. The molecule has 5 heteroatoms. The number of anilines is 1. The molecule has 4 aromatic rings. The number of alkyl halides is 3. The monoisotopic (exact) mass is 378 g/mol. The third-order valence-electron chi connectivity index (χ3n) is 4.63. The third kappa shape index (κ3) is 3.56. The number of nitrogen functional groups attached to an aromatic ring is 1. The zero-order chi connectivity index (χ0) is 19.7. The van der Waals surface area contributed by atoms with Crippen LogP contribution in [0.5, 0.6) is 0 Å². The number of rotatable bonds is 3. The van der Waals surface area contributed by atoms with E-state index < -0.39 is 11.7 Å². The molecule has 0 aliphatic rings. The normalized spacial score (nSPS) is 11.7. The first-order valence-corrected chi connectivity index (χ1v) is 8.81. The fourth-order valence-corrected chi connectivity index (χ4v) is 3.36. The molecule has 28 heavy (non-hydrogen) atoms. The van der Waals surface area contributed by atoms with E-state index in [1.165, 1.54) is 6.07 Å². The van der Waals surface area contributed by atoms with Crippen LogP contribution in [0.15, 0.2) is 78.9 Å². The van der Waals surface area contributed by atoms with E-state index in [0.29, 0.717) is 28.8 Å². The highest BCUT2D eigenvalue weighted by Gasteiger charge is 2.33. The lowest BCUT2D eigenvalue weighted by Gasteiger charge is -2.15. The van der Waals surface area contributed by atoms with Gasteiger partial charge in [0.1, 0.15) is 0 Å². The number of hydrogen-bond acceptors (Lipinski definition) is 2. The second-order valence-corrected chi connectivity index (χ2v) is 6.66. The highest BCUT2D eigenvalue weighted by atomic mass is 19.4. The maximum atomic E-state index is 13.5. The van der Waals surface area contributed by atoms with Gasteiger partial charge in [0.2, 0.25) is 0 Å². The molecule has 4 rings (SSSR count). The van der Waals surface area contributed by atoms with Crippen LogP contribution < -0.4 is 5.73 Å². The van der Waals surface area contributed by atoms with E-state index in [9.17, 15) is 13.2 Å². The van der Waals surface area contributed by atoms with Crippen molar-refractivity contribution in [2.75, 3.05) is 5.73 Å². The second kappa shape index (κ2) is 7.00. The maximum Gasteiger partial charge on any atom is 0.418 e. The fraction of sp³-hybridized carbons (Fsp3) is 0.0870. The van der Waals surface area contributed by atoms with Crippen molar-refractivity contribution >= 4 is 16.6 Å². The highest BCUT2D eigenvalue weighted by molar-refractivity contribution is 5.87. The zero-order valence-electron chi connectivity index (χ0n) is 14.9. The first kappa shape index (κ1) is 18.0. The molecule has 0 amide bonds. The summed E-state index contributed by atoms with van der Waals surface area (Å²) in [7, 11) is 0. The van der Waals surface area contributed by atoms with E-state index in [-0.39, 0.29) is 5.52 Å². The van der Waals surface area contributed by atoms with E-state index in [0.717, 1.165) is 17.2 Å². The second-order valence-electron chi connectivity index (χ2n) is 6.66. The minimum Gasteiger partial charge on any atom is -0.399 e. The number of pyridine rings is 1. The van der Waals surface area contributed by atoms with Gasteiger partial charge in [-0.1, -0.05) is 54.6 Å². The van der Waals surface area contributed by atoms with Crippen LogP contribution in [0.1, 0.15) is 16.7 Å². The molecule has 0 bridgehead atoms. The largest absolute Gasteiger partial charge is 0.418 e. The molecular formula is C23H17F3N2. The van der Waals surface area contributed by atoms with Gasteiger partial charge in [-0.25, -0.2) is 4.98 Å². The summed E-state index contributed by atoms with van der Waals surface area (Å²) in [5.74, 6) is 0. The van der Waals surface area contributed by atoms with Gasteiger partial charge in [0.25, 0.3) is 0 Å². The molecule has 140 valence electrons. The number of halogens is 3. The summed E-state index contributed by atoms with van der Waals surface area (Å²) in [6.07, 6.45) is -3.91. The Kier molecular flexibility index (Phi) is 4.51. The minimum atomic E-state index is -4.47. The van der Waals surface area contributed by atoms with Gasteiger partial charge in [0, 0.05) is 16.6 Å². The number of fused-ring (bicyclic) bond motifs is 1. The summed E-state index contributed by atoms with van der Waals surface area (Å²) < 4.78 is 40.5. The number of hydrogen-bond donors (Lipinski definition) is 1. The van der Waals surface area contributed by atoms with Gasteiger partial charge in [-0.15, -0.1) is 0 Å². The van der Waals surface area contributed by atoms with Crippen molar-refractivity contribution in [1.82, 2.24) is 4.98 Å². The van der Waals surface area contributed by atoms with E-state index in [2.05, 4.69) is 4.98 Å². The molecule has 0 radical (unpaired) electrons. The van der Waals surface area contributed by atoms with Crippen molar-refractivity contribution in [3.05, 3.63) is 95.6 Å². The molecule has 0 aliphatic heterocycles. The van der Waals surface area contributed by atoms with Gasteiger partial charge in [-0.2, -0.15) is 13.2 Å². The number of para-hydroxylation sites is 1. The Morgan fingerprint density at radius 3 is 2.29 bits per heavy atom. The topological polar surface area (TPSA) is 38.9 Å². The summed E-state index contributed by atoms with van der Waals surface area (Å²) >= 11 is 0. The van der Waals surface area contributed by atoms with E-state index in [1.807, 2.05) is 36.4 Å². The molecule has 0 atom stereocenters. The van der Waals surface area contributed by atoms with Crippen LogP contribution in [0.25, 0.3) is 22.2 Å². The molecule has 0 unspecified atom stereocenters. The molecule has 3 aromatic carbocycles. The average molecular weight is 378 g/mol. The summed E-state index contributed by atoms with van der Waals surface area (Å²) in [6, 6.07) is 22.8. The van der Waals surface area contributed by atoms with Gasteiger partial charge in [-0.3, -0.25) is 0 Å². The van der Waals surface area contributed by atoms with Gasteiger partial charge in [-0.05, 0) is 41.8 Å². The molecule has 0 fully saturated rings. The van der Waals surface area contributed by atoms with Crippen LogP contribution in [0, 0.1) is 0 Å². The standard InChI is InChI=1S/C23H17F3N2/c24-23(25,26)20-11-5-9-16-13-18(12-15-6-2-1-3-7-15)21(28-22(16)20)17-8-4-10-19(27)14-17/h1-11,13-14H,12,27H2. The van der Waals surface area contributed by atoms with Crippen molar-refractivity contribution in [2.24, 2.45) is 0 Å². The Labute approximate surface area is 160 Å². The van der Waals surface area contributed by atoms with Gasteiger partial charge in [0.05, 0.1) is 16.8 Å². The molecule has 0 saturated carbocycles. The summed E-state index contributed by atoms with van der Waals surface area (Å²) in [4.78, 5) is 4.47. The van der Waals surface area contributed by atoms with Gasteiger partial charge >= 0.3 is 6.18 Å². The Bertz CT molecular complexity index is 1140. The highest BCUT2D eigenvalue weighted by Crippen LogP contribution is 2.36. The molecule has 2 nitrogen and oxygen atoms in total. The molecule has 1 aromatic heterocycles. The Hall–Kier alpha value is -3.34. The maximum absolute atomic E-state index is 13.5. The number of nitrogens with two attached hydrogens (primary N) is 1. The Balaban J connectivity index is 1.97. The van der Waals surface area contributed by atoms with Gasteiger partial charge in [0.15, 0.2) is 0 Å². The number of benzene rings is 3. The predicted octanol–water partition coefficient (Wildman–Crippen LogP) is 6.09. The molecule has 0 spiro atoms. The van der Waals surface area contributed by atoms with Crippen LogP contribution >= 0.6 is 0 Å². The predicted molar refractivity (Wildman–Crippen MR) is 106 cm³/mol. The third-order valence-corrected chi connectivity index (χ3v) is 4.63. The van der Waals surface area contributed by atoms with Crippen molar-refractivity contribution in [2.45, 2.75) is 12.6 Å². The first-order chi connectivity index (χ1) is 13.4. The zero-order valence-corrected chi connectivity index (χ0v) is 14.9. The summed E-state index contributed by atoms with van der Waals surface area (Å²) in [5.41, 5.74) is 8.77. The van der Waals surface area contributed by atoms with Crippen molar-refractivity contribution in [1.29, 1.82) is 0 Å². The van der Waals surface area contributed by atoms with Crippen molar-refractivity contribution in [3.63, 3.8) is 0 Å². The number of aromatic nitrogens is 1. The fourth-order valence-electron chi connectivity index (χ4n) is 3.36. The van der Waals surface area contributed by atoms with Crippen LogP contribution in [0.2, 0.25) is 0 Å². The molecule has 1 heterocycles. The SMILES string of the molecule is Nc1cccc(-c2nc3c(C(F)(F)F)cccc3cc2Cc2ccccc2)c1. The average Bonchev–Trinajstić information content (AvgIpc) is 2.67. The van der Waals surface area contributed by atoms with E-state index >= 15 is 0 Å². The Morgan fingerprint density at radius 2 is 1.57 bits per heavy atom. The molecule has 0 saturated heterocycles. The molecule has 0 aliphatic carbocycles. The molecule has 2 N–H and O–H groups in total. The van der Waals surface area contributed by atoms with Crippen molar-refractivity contribution < 1.29 is 13.2 Å². The van der Waals surface area contributed by atoms with Gasteiger partial charge < -0.3 is 5.73 Å². The lowest BCUT2D eigenvalue weighted by molar-refractivity contribution is -0.136. The molecular weight excluding hydrogens is 361 g/mol. The van der Waals surface area contributed by atoms with Crippen LogP contribution in [0.3, 0.4) is 0 Å². The van der Waals surface area contributed by atoms with Crippen LogP contribution in [-0.4, -0.2) is 4.98 Å².